The van der Waals surface area contributed by atoms with Gasteiger partial charge in [-0.1, -0.05) is 12.8 Å². The molecule has 80 valence electrons. The maximum atomic E-state index is 6.34. The predicted octanol–water partition coefficient (Wildman–Crippen LogP) is 2.21. The summed E-state index contributed by atoms with van der Waals surface area (Å²) in [5.74, 6) is 0. The van der Waals surface area contributed by atoms with E-state index in [9.17, 15) is 0 Å². The number of rotatable bonds is 2. The van der Waals surface area contributed by atoms with Crippen LogP contribution < -0.4 is 5.73 Å². The molecule has 0 radical (unpaired) electrons. The third-order valence-electron chi connectivity index (χ3n) is 3.28. The molecule has 2 N–H and O–H groups in total. The largest absolute Gasteiger partial charge is 0.325 e. The highest BCUT2D eigenvalue weighted by Crippen LogP contribution is 2.30. The highest BCUT2D eigenvalue weighted by Gasteiger charge is 2.30. The monoisotopic (exact) mass is 221 g/mol. The number of thiazole rings is 1. The molecule has 0 aliphatic heterocycles. The van der Waals surface area contributed by atoms with Gasteiger partial charge in [0.15, 0.2) is 4.96 Å². The van der Waals surface area contributed by atoms with Crippen LogP contribution in [-0.2, 0) is 6.42 Å². The van der Waals surface area contributed by atoms with Crippen molar-refractivity contribution in [2.75, 3.05) is 0 Å². The van der Waals surface area contributed by atoms with Crippen molar-refractivity contribution in [3.8, 4) is 0 Å². The van der Waals surface area contributed by atoms with E-state index in [1.165, 1.54) is 12.8 Å². The summed E-state index contributed by atoms with van der Waals surface area (Å²) in [7, 11) is 0. The minimum absolute atomic E-state index is 0.0179. The summed E-state index contributed by atoms with van der Waals surface area (Å²) in [6, 6.07) is 0. The third kappa shape index (κ3) is 1.68. The third-order valence-corrected chi connectivity index (χ3v) is 4.05. The van der Waals surface area contributed by atoms with Crippen molar-refractivity contribution in [1.29, 1.82) is 0 Å². The van der Waals surface area contributed by atoms with Gasteiger partial charge in [-0.25, -0.2) is 4.98 Å². The summed E-state index contributed by atoms with van der Waals surface area (Å²) in [6.45, 7) is 0. The Morgan fingerprint density at radius 2 is 2.27 bits per heavy atom. The SMILES string of the molecule is NC1(Cc2cn3ccsc3n2)CCCC1. The van der Waals surface area contributed by atoms with Gasteiger partial charge in [0.05, 0.1) is 5.69 Å². The second kappa shape index (κ2) is 3.32. The van der Waals surface area contributed by atoms with Gasteiger partial charge in [-0.15, -0.1) is 11.3 Å². The van der Waals surface area contributed by atoms with Crippen LogP contribution in [0.1, 0.15) is 31.4 Å². The lowest BCUT2D eigenvalue weighted by atomic mass is 9.93. The van der Waals surface area contributed by atoms with Crippen LogP contribution in [0, 0.1) is 0 Å². The van der Waals surface area contributed by atoms with E-state index in [4.69, 9.17) is 5.73 Å². The Hall–Kier alpha value is -0.870. The van der Waals surface area contributed by atoms with Crippen LogP contribution in [0.5, 0.6) is 0 Å². The molecular weight excluding hydrogens is 206 g/mol. The number of hydrogen-bond acceptors (Lipinski definition) is 3. The Kier molecular flexibility index (Phi) is 2.07. The second-order valence-corrected chi connectivity index (χ2v) is 5.44. The van der Waals surface area contributed by atoms with Gasteiger partial charge in [0.25, 0.3) is 0 Å². The van der Waals surface area contributed by atoms with Crippen LogP contribution in [-0.4, -0.2) is 14.9 Å². The van der Waals surface area contributed by atoms with Gasteiger partial charge in [0, 0.05) is 29.7 Å². The van der Waals surface area contributed by atoms with E-state index in [1.54, 1.807) is 11.3 Å². The first kappa shape index (κ1) is 9.36. The van der Waals surface area contributed by atoms with Crippen molar-refractivity contribution in [2.24, 2.45) is 5.73 Å². The second-order valence-electron chi connectivity index (χ2n) is 4.57. The first-order valence-corrected chi connectivity index (χ1v) is 6.33. The van der Waals surface area contributed by atoms with E-state index < -0.39 is 0 Å². The molecule has 0 spiro atoms. The molecule has 2 aromatic heterocycles. The molecule has 4 heteroatoms. The lowest BCUT2D eigenvalue weighted by molar-refractivity contribution is 0.432. The highest BCUT2D eigenvalue weighted by molar-refractivity contribution is 7.15. The molecule has 0 atom stereocenters. The fraction of sp³-hybridized carbons (Fsp3) is 0.545. The molecule has 1 saturated carbocycles. The normalized spacial score (nSPS) is 20.1. The van der Waals surface area contributed by atoms with Gasteiger partial charge in [-0.05, 0) is 12.8 Å². The van der Waals surface area contributed by atoms with Crippen molar-refractivity contribution < 1.29 is 0 Å². The van der Waals surface area contributed by atoms with E-state index in [-0.39, 0.29) is 5.54 Å². The van der Waals surface area contributed by atoms with Gasteiger partial charge in [-0.3, -0.25) is 4.40 Å². The average Bonchev–Trinajstić information content (AvgIpc) is 2.80. The smallest absolute Gasteiger partial charge is 0.193 e. The molecule has 0 amide bonds. The van der Waals surface area contributed by atoms with Crippen molar-refractivity contribution in [1.82, 2.24) is 9.38 Å². The minimum atomic E-state index is 0.0179. The van der Waals surface area contributed by atoms with Gasteiger partial charge in [0.1, 0.15) is 0 Å². The Labute approximate surface area is 92.9 Å². The molecule has 0 aromatic carbocycles. The first-order valence-electron chi connectivity index (χ1n) is 5.45. The summed E-state index contributed by atoms with van der Waals surface area (Å²) < 4.78 is 2.08. The van der Waals surface area contributed by atoms with Crippen molar-refractivity contribution in [2.45, 2.75) is 37.6 Å². The first-order chi connectivity index (χ1) is 7.25. The van der Waals surface area contributed by atoms with E-state index in [2.05, 4.69) is 21.0 Å². The number of nitrogens with zero attached hydrogens (tertiary/aromatic N) is 2. The molecule has 2 aromatic rings. The van der Waals surface area contributed by atoms with E-state index in [0.717, 1.165) is 29.9 Å². The van der Waals surface area contributed by atoms with Gasteiger partial charge in [-0.2, -0.15) is 0 Å². The van der Waals surface area contributed by atoms with Crippen LogP contribution in [0.15, 0.2) is 17.8 Å². The molecule has 1 aliphatic carbocycles. The molecular formula is C11H15N3S. The number of hydrogen-bond donors (Lipinski definition) is 1. The number of nitrogens with two attached hydrogens (primary N) is 1. The Balaban J connectivity index is 1.85. The van der Waals surface area contributed by atoms with Crippen LogP contribution >= 0.6 is 11.3 Å². The fourth-order valence-electron chi connectivity index (χ4n) is 2.48. The van der Waals surface area contributed by atoms with Gasteiger partial charge in [0.2, 0.25) is 0 Å². The standard InChI is InChI=1S/C11H15N3S/c12-11(3-1-2-4-11)7-9-8-14-5-6-15-10(14)13-9/h5-6,8H,1-4,7,12H2. The molecule has 2 heterocycles. The zero-order chi connectivity index (χ0) is 10.3. The molecule has 1 fully saturated rings. The zero-order valence-electron chi connectivity index (χ0n) is 8.65. The molecule has 3 rings (SSSR count). The van der Waals surface area contributed by atoms with E-state index in [0.29, 0.717) is 0 Å². The minimum Gasteiger partial charge on any atom is -0.325 e. The summed E-state index contributed by atoms with van der Waals surface area (Å²) in [6.07, 6.45) is 9.95. The van der Waals surface area contributed by atoms with Gasteiger partial charge >= 0.3 is 0 Å². The molecule has 15 heavy (non-hydrogen) atoms. The van der Waals surface area contributed by atoms with Gasteiger partial charge < -0.3 is 5.73 Å². The van der Waals surface area contributed by atoms with Crippen molar-refractivity contribution >= 4 is 16.3 Å². The number of imidazole rings is 1. The van der Waals surface area contributed by atoms with E-state index in [1.807, 2.05) is 6.20 Å². The number of fused-ring (bicyclic) bond motifs is 1. The fourth-order valence-corrected chi connectivity index (χ4v) is 3.20. The van der Waals surface area contributed by atoms with Crippen LogP contribution in [0.3, 0.4) is 0 Å². The predicted molar refractivity (Wildman–Crippen MR) is 62.2 cm³/mol. The topological polar surface area (TPSA) is 43.3 Å². The molecule has 0 unspecified atom stereocenters. The number of aromatic nitrogens is 2. The molecule has 0 bridgehead atoms. The zero-order valence-corrected chi connectivity index (χ0v) is 9.46. The summed E-state index contributed by atoms with van der Waals surface area (Å²) in [5.41, 5.74) is 7.50. The Morgan fingerprint density at radius 3 is 3.00 bits per heavy atom. The maximum absolute atomic E-state index is 6.34. The van der Waals surface area contributed by atoms with E-state index >= 15 is 0 Å². The highest BCUT2D eigenvalue weighted by atomic mass is 32.1. The van der Waals surface area contributed by atoms with Crippen LogP contribution in [0.4, 0.5) is 0 Å². The maximum Gasteiger partial charge on any atom is 0.193 e. The van der Waals surface area contributed by atoms with Crippen molar-refractivity contribution in [3.05, 3.63) is 23.5 Å². The summed E-state index contributed by atoms with van der Waals surface area (Å²) in [4.78, 5) is 5.66. The molecule has 1 aliphatic rings. The summed E-state index contributed by atoms with van der Waals surface area (Å²) >= 11 is 1.68. The Bertz CT molecular complexity index is 436. The average molecular weight is 221 g/mol. The quantitative estimate of drug-likeness (QED) is 0.845. The molecule has 3 nitrogen and oxygen atoms in total. The lowest BCUT2D eigenvalue weighted by Crippen LogP contribution is -2.38. The van der Waals surface area contributed by atoms with Crippen molar-refractivity contribution in [3.63, 3.8) is 0 Å². The van der Waals surface area contributed by atoms with Crippen LogP contribution in [0.25, 0.3) is 4.96 Å². The Morgan fingerprint density at radius 1 is 1.47 bits per heavy atom. The van der Waals surface area contributed by atoms with Crippen LogP contribution in [0.2, 0.25) is 0 Å². The lowest BCUT2D eigenvalue weighted by Gasteiger charge is -2.21. The molecule has 0 saturated heterocycles. The summed E-state index contributed by atoms with van der Waals surface area (Å²) in [5, 5.41) is 2.06.